The standard InChI is InChI=1S/C20H23NO5/c1-13(2)12-26-16-10-9-15(11-17(16)25-3)19(22)21-18(20(23)24)14-7-5-4-6-8-14/h4-11,13,18H,12H2,1-3H3,(H,21,22)(H,23,24)/t18-/m1/s1. The summed E-state index contributed by atoms with van der Waals surface area (Å²) in [6.45, 7) is 4.59. The number of rotatable bonds is 8. The Hall–Kier alpha value is -3.02. The van der Waals surface area contributed by atoms with Crippen LogP contribution in [-0.4, -0.2) is 30.7 Å². The van der Waals surface area contributed by atoms with Gasteiger partial charge in [0.25, 0.3) is 5.91 Å². The minimum atomic E-state index is -1.13. The normalized spacial score (nSPS) is 11.7. The molecule has 0 aliphatic heterocycles. The first-order valence-electron chi connectivity index (χ1n) is 8.31. The number of carboxylic acid groups (broad SMARTS) is 1. The molecule has 0 radical (unpaired) electrons. The molecule has 0 bridgehead atoms. The predicted octanol–water partition coefficient (Wildman–Crippen LogP) is 3.29. The third kappa shape index (κ3) is 4.99. The number of carbonyl (C=O) groups excluding carboxylic acids is 1. The minimum Gasteiger partial charge on any atom is -0.493 e. The van der Waals surface area contributed by atoms with Crippen molar-refractivity contribution >= 4 is 11.9 Å². The van der Waals surface area contributed by atoms with Gasteiger partial charge in [-0.25, -0.2) is 4.79 Å². The Labute approximate surface area is 152 Å². The third-order valence-corrected chi connectivity index (χ3v) is 3.65. The molecule has 0 aliphatic carbocycles. The zero-order valence-corrected chi connectivity index (χ0v) is 15.1. The number of hydrogen-bond acceptors (Lipinski definition) is 4. The zero-order valence-electron chi connectivity index (χ0n) is 15.1. The summed E-state index contributed by atoms with van der Waals surface area (Å²) in [7, 11) is 1.49. The zero-order chi connectivity index (χ0) is 19.1. The van der Waals surface area contributed by atoms with Crippen molar-refractivity contribution < 1.29 is 24.2 Å². The molecule has 0 unspecified atom stereocenters. The molecular formula is C20H23NO5. The highest BCUT2D eigenvalue weighted by atomic mass is 16.5. The van der Waals surface area contributed by atoms with E-state index in [0.29, 0.717) is 35.2 Å². The quantitative estimate of drug-likeness (QED) is 0.757. The number of hydrogen-bond donors (Lipinski definition) is 2. The smallest absolute Gasteiger partial charge is 0.330 e. The molecule has 0 saturated heterocycles. The van der Waals surface area contributed by atoms with Crippen LogP contribution in [0.15, 0.2) is 48.5 Å². The molecule has 2 rings (SSSR count). The van der Waals surface area contributed by atoms with E-state index in [1.54, 1.807) is 42.5 Å². The van der Waals surface area contributed by atoms with Crippen LogP contribution >= 0.6 is 0 Å². The van der Waals surface area contributed by atoms with Gasteiger partial charge in [-0.15, -0.1) is 0 Å². The topological polar surface area (TPSA) is 84.9 Å². The van der Waals surface area contributed by atoms with Gasteiger partial charge in [-0.2, -0.15) is 0 Å². The summed E-state index contributed by atoms with van der Waals surface area (Å²) < 4.78 is 10.9. The molecule has 26 heavy (non-hydrogen) atoms. The van der Waals surface area contributed by atoms with Crippen molar-refractivity contribution in [3.8, 4) is 11.5 Å². The summed E-state index contributed by atoms with van der Waals surface area (Å²) in [6, 6.07) is 12.2. The van der Waals surface area contributed by atoms with Crippen LogP contribution in [0, 0.1) is 5.92 Å². The molecule has 1 amide bonds. The van der Waals surface area contributed by atoms with Crippen molar-refractivity contribution in [3.63, 3.8) is 0 Å². The maximum atomic E-state index is 12.5. The number of nitrogens with one attached hydrogen (secondary N) is 1. The molecule has 0 aromatic heterocycles. The van der Waals surface area contributed by atoms with Crippen molar-refractivity contribution in [2.75, 3.05) is 13.7 Å². The second-order valence-corrected chi connectivity index (χ2v) is 6.23. The van der Waals surface area contributed by atoms with Crippen LogP contribution in [0.1, 0.15) is 35.8 Å². The van der Waals surface area contributed by atoms with Crippen molar-refractivity contribution in [1.29, 1.82) is 0 Å². The number of benzene rings is 2. The van der Waals surface area contributed by atoms with E-state index < -0.39 is 17.9 Å². The summed E-state index contributed by atoms with van der Waals surface area (Å²) in [5.41, 5.74) is 0.790. The molecule has 2 N–H and O–H groups in total. The Kier molecular flexibility index (Phi) is 6.60. The van der Waals surface area contributed by atoms with E-state index >= 15 is 0 Å². The van der Waals surface area contributed by atoms with E-state index in [4.69, 9.17) is 9.47 Å². The molecular weight excluding hydrogens is 334 g/mol. The van der Waals surface area contributed by atoms with Gasteiger partial charge >= 0.3 is 5.97 Å². The fraction of sp³-hybridized carbons (Fsp3) is 0.300. The SMILES string of the molecule is COc1cc(C(=O)N[C@@H](C(=O)O)c2ccccc2)ccc1OCC(C)C. The summed E-state index contributed by atoms with van der Waals surface area (Å²) in [5.74, 6) is -0.325. The Bertz CT molecular complexity index is 758. The molecule has 6 heteroatoms. The van der Waals surface area contributed by atoms with Crippen LogP contribution in [0.25, 0.3) is 0 Å². The van der Waals surface area contributed by atoms with Gasteiger partial charge in [-0.1, -0.05) is 44.2 Å². The lowest BCUT2D eigenvalue weighted by atomic mass is 10.1. The fourth-order valence-corrected chi connectivity index (χ4v) is 2.33. The Morgan fingerprint density at radius 2 is 1.77 bits per heavy atom. The molecule has 6 nitrogen and oxygen atoms in total. The van der Waals surface area contributed by atoms with Gasteiger partial charge in [-0.3, -0.25) is 4.79 Å². The van der Waals surface area contributed by atoms with Crippen molar-refractivity contribution in [3.05, 3.63) is 59.7 Å². The molecule has 0 spiro atoms. The lowest BCUT2D eigenvalue weighted by molar-refractivity contribution is -0.139. The first kappa shape index (κ1) is 19.3. The monoisotopic (exact) mass is 357 g/mol. The molecule has 138 valence electrons. The molecule has 0 fully saturated rings. The lowest BCUT2D eigenvalue weighted by Crippen LogP contribution is -2.33. The lowest BCUT2D eigenvalue weighted by Gasteiger charge is -2.16. The van der Waals surface area contributed by atoms with Gasteiger partial charge in [0.1, 0.15) is 0 Å². The average molecular weight is 357 g/mol. The maximum Gasteiger partial charge on any atom is 0.330 e. The highest BCUT2D eigenvalue weighted by Gasteiger charge is 2.23. The van der Waals surface area contributed by atoms with Crippen LogP contribution in [0.3, 0.4) is 0 Å². The second-order valence-electron chi connectivity index (χ2n) is 6.23. The largest absolute Gasteiger partial charge is 0.493 e. The van der Waals surface area contributed by atoms with E-state index in [1.807, 2.05) is 13.8 Å². The van der Waals surface area contributed by atoms with E-state index in [9.17, 15) is 14.7 Å². The molecule has 0 aliphatic rings. The second kappa shape index (κ2) is 8.89. The van der Waals surface area contributed by atoms with E-state index in [0.717, 1.165) is 0 Å². The number of carboxylic acids is 1. The highest BCUT2D eigenvalue weighted by molar-refractivity contribution is 5.97. The first-order chi connectivity index (χ1) is 12.4. The summed E-state index contributed by atoms with van der Waals surface area (Å²) in [6.07, 6.45) is 0. The van der Waals surface area contributed by atoms with Gasteiger partial charge < -0.3 is 19.9 Å². The third-order valence-electron chi connectivity index (χ3n) is 3.65. The summed E-state index contributed by atoms with van der Waals surface area (Å²) >= 11 is 0. The number of ether oxygens (including phenoxy) is 2. The Morgan fingerprint density at radius 3 is 2.35 bits per heavy atom. The van der Waals surface area contributed by atoms with Crippen LogP contribution in [0.4, 0.5) is 0 Å². The van der Waals surface area contributed by atoms with Crippen LogP contribution in [0.5, 0.6) is 11.5 Å². The molecule has 2 aromatic carbocycles. The average Bonchev–Trinajstić information content (AvgIpc) is 2.64. The van der Waals surface area contributed by atoms with Gasteiger partial charge in [0, 0.05) is 5.56 Å². The summed E-state index contributed by atoms with van der Waals surface area (Å²) in [4.78, 5) is 24.0. The van der Waals surface area contributed by atoms with E-state index in [2.05, 4.69) is 5.32 Å². The number of amides is 1. The molecule has 0 heterocycles. The van der Waals surface area contributed by atoms with Gasteiger partial charge in [0.05, 0.1) is 13.7 Å². The van der Waals surface area contributed by atoms with Gasteiger partial charge in [0.15, 0.2) is 17.5 Å². The maximum absolute atomic E-state index is 12.5. The highest BCUT2D eigenvalue weighted by Crippen LogP contribution is 2.28. The van der Waals surface area contributed by atoms with E-state index in [1.165, 1.54) is 13.2 Å². The summed E-state index contributed by atoms with van der Waals surface area (Å²) in [5, 5.41) is 12.0. The molecule has 2 aromatic rings. The van der Waals surface area contributed by atoms with Crippen LogP contribution < -0.4 is 14.8 Å². The number of aliphatic carboxylic acids is 1. The van der Waals surface area contributed by atoms with Crippen molar-refractivity contribution in [2.45, 2.75) is 19.9 Å². The first-order valence-corrected chi connectivity index (χ1v) is 8.31. The van der Waals surface area contributed by atoms with Gasteiger partial charge in [-0.05, 0) is 29.7 Å². The van der Waals surface area contributed by atoms with E-state index in [-0.39, 0.29) is 0 Å². The van der Waals surface area contributed by atoms with Crippen molar-refractivity contribution in [2.24, 2.45) is 5.92 Å². The van der Waals surface area contributed by atoms with Crippen LogP contribution in [-0.2, 0) is 4.79 Å². The number of carbonyl (C=O) groups is 2. The van der Waals surface area contributed by atoms with Crippen LogP contribution in [0.2, 0.25) is 0 Å². The number of methoxy groups -OCH3 is 1. The minimum absolute atomic E-state index is 0.293. The van der Waals surface area contributed by atoms with Crippen molar-refractivity contribution in [1.82, 2.24) is 5.32 Å². The Balaban J connectivity index is 2.19. The molecule has 0 saturated carbocycles. The van der Waals surface area contributed by atoms with Gasteiger partial charge in [0.2, 0.25) is 0 Å². The fourth-order valence-electron chi connectivity index (χ4n) is 2.33. The molecule has 1 atom stereocenters. The predicted molar refractivity (Wildman–Crippen MR) is 97.6 cm³/mol. The Morgan fingerprint density at radius 1 is 1.08 bits per heavy atom.